The number of hydrogen-bond acceptors (Lipinski definition) is 3. The summed E-state index contributed by atoms with van der Waals surface area (Å²) in [6.45, 7) is 6.14. The molecule has 0 aliphatic carbocycles. The van der Waals surface area contributed by atoms with Crippen LogP contribution in [0.25, 0.3) is 0 Å². The van der Waals surface area contributed by atoms with Crippen LogP contribution in [0.1, 0.15) is 38.3 Å². The van der Waals surface area contributed by atoms with Crippen molar-refractivity contribution in [2.45, 2.75) is 51.6 Å². The van der Waals surface area contributed by atoms with Crippen LogP contribution in [0, 0.1) is 0 Å². The predicted octanol–water partition coefficient (Wildman–Crippen LogP) is 5.56. The lowest BCUT2D eigenvalue weighted by molar-refractivity contribution is -0.139. The SMILES string of the molecule is CC[C@@H](C(=O)NC(C)C)N(Cc1ccccc1)C(=O)CSCc1c(Cl)cccc1Cl. The smallest absolute Gasteiger partial charge is 0.243 e. The molecular formula is C23H28Cl2N2O2S. The Morgan fingerprint density at radius 1 is 1.03 bits per heavy atom. The maximum Gasteiger partial charge on any atom is 0.243 e. The van der Waals surface area contributed by atoms with Crippen LogP contribution < -0.4 is 5.32 Å². The second kappa shape index (κ2) is 12.2. The number of nitrogens with zero attached hydrogens (tertiary/aromatic N) is 1. The molecule has 2 rings (SSSR count). The molecule has 4 nitrogen and oxygen atoms in total. The number of thioether (sulfide) groups is 1. The Kier molecular flexibility index (Phi) is 10.0. The van der Waals surface area contributed by atoms with Crippen molar-refractivity contribution in [2.24, 2.45) is 0 Å². The summed E-state index contributed by atoms with van der Waals surface area (Å²) in [4.78, 5) is 27.6. The Bertz CT molecular complexity index is 826. The van der Waals surface area contributed by atoms with E-state index >= 15 is 0 Å². The van der Waals surface area contributed by atoms with E-state index in [-0.39, 0.29) is 23.6 Å². The number of carbonyl (C=O) groups is 2. The summed E-state index contributed by atoms with van der Waals surface area (Å²) < 4.78 is 0. The summed E-state index contributed by atoms with van der Waals surface area (Å²) in [5.74, 6) is 0.548. The molecule has 2 amide bonds. The zero-order valence-corrected chi connectivity index (χ0v) is 19.9. The zero-order valence-electron chi connectivity index (χ0n) is 17.5. The van der Waals surface area contributed by atoms with Gasteiger partial charge >= 0.3 is 0 Å². The van der Waals surface area contributed by atoms with Gasteiger partial charge in [0.25, 0.3) is 0 Å². The fourth-order valence-electron chi connectivity index (χ4n) is 3.07. The van der Waals surface area contributed by atoms with Crippen molar-refractivity contribution in [1.82, 2.24) is 10.2 Å². The first-order valence-electron chi connectivity index (χ1n) is 9.97. The van der Waals surface area contributed by atoms with E-state index in [4.69, 9.17) is 23.2 Å². The molecule has 0 aliphatic heterocycles. The minimum atomic E-state index is -0.524. The molecule has 1 N–H and O–H groups in total. The third-order valence-electron chi connectivity index (χ3n) is 4.55. The van der Waals surface area contributed by atoms with Crippen LogP contribution in [-0.4, -0.2) is 34.6 Å². The Balaban J connectivity index is 2.13. The Morgan fingerprint density at radius 2 is 1.67 bits per heavy atom. The van der Waals surface area contributed by atoms with E-state index in [9.17, 15) is 9.59 Å². The van der Waals surface area contributed by atoms with Gasteiger partial charge in [-0.1, -0.05) is 66.5 Å². The lowest BCUT2D eigenvalue weighted by Gasteiger charge is -2.31. The average molecular weight is 467 g/mol. The minimum Gasteiger partial charge on any atom is -0.352 e. The van der Waals surface area contributed by atoms with Crippen LogP contribution in [-0.2, 0) is 21.9 Å². The Morgan fingerprint density at radius 3 is 2.23 bits per heavy atom. The molecule has 2 aromatic rings. The van der Waals surface area contributed by atoms with Gasteiger partial charge in [0.15, 0.2) is 0 Å². The van der Waals surface area contributed by atoms with E-state index < -0.39 is 6.04 Å². The molecule has 0 bridgehead atoms. The van der Waals surface area contributed by atoms with E-state index in [0.717, 1.165) is 11.1 Å². The molecule has 162 valence electrons. The molecule has 0 saturated heterocycles. The molecule has 1 atom stereocenters. The summed E-state index contributed by atoms with van der Waals surface area (Å²) >= 11 is 13.9. The molecular weight excluding hydrogens is 439 g/mol. The van der Waals surface area contributed by atoms with E-state index in [1.807, 2.05) is 51.1 Å². The van der Waals surface area contributed by atoms with E-state index in [1.165, 1.54) is 11.8 Å². The van der Waals surface area contributed by atoms with Crippen molar-refractivity contribution in [2.75, 3.05) is 5.75 Å². The summed E-state index contributed by atoms with van der Waals surface area (Å²) in [5.41, 5.74) is 1.80. The number of amides is 2. The number of hydrogen-bond donors (Lipinski definition) is 1. The predicted molar refractivity (Wildman–Crippen MR) is 127 cm³/mol. The van der Waals surface area contributed by atoms with Crippen molar-refractivity contribution < 1.29 is 9.59 Å². The number of carbonyl (C=O) groups excluding carboxylic acids is 2. The quantitative estimate of drug-likeness (QED) is 0.498. The number of rotatable bonds is 10. The Labute approximate surface area is 193 Å². The normalized spacial score (nSPS) is 11.9. The van der Waals surface area contributed by atoms with Crippen molar-refractivity contribution >= 4 is 46.8 Å². The van der Waals surface area contributed by atoms with Crippen LogP contribution in [0.5, 0.6) is 0 Å². The highest BCUT2D eigenvalue weighted by Gasteiger charge is 2.28. The fourth-order valence-corrected chi connectivity index (χ4v) is 4.72. The van der Waals surface area contributed by atoms with Gasteiger partial charge in [0, 0.05) is 28.4 Å². The van der Waals surface area contributed by atoms with Gasteiger partial charge < -0.3 is 10.2 Å². The van der Waals surface area contributed by atoms with Crippen molar-refractivity contribution in [3.05, 3.63) is 69.7 Å². The zero-order chi connectivity index (χ0) is 22.1. The first-order valence-corrected chi connectivity index (χ1v) is 11.9. The Hall–Kier alpha value is -1.69. The van der Waals surface area contributed by atoms with Crippen molar-refractivity contribution in [1.29, 1.82) is 0 Å². The van der Waals surface area contributed by atoms with Gasteiger partial charge in [-0.25, -0.2) is 0 Å². The molecule has 0 unspecified atom stereocenters. The first kappa shape index (κ1) is 24.6. The standard InChI is InChI=1S/C23H28Cl2N2O2S/c1-4-21(23(29)26-16(2)3)27(13-17-9-6-5-7-10-17)22(28)15-30-14-18-19(24)11-8-12-20(18)25/h5-12,16,21H,4,13-15H2,1-3H3,(H,26,29)/t21-/m0/s1. The van der Waals surface area contributed by atoms with Gasteiger partial charge in [0.05, 0.1) is 5.75 Å². The summed E-state index contributed by atoms with van der Waals surface area (Å²) in [6.07, 6.45) is 0.540. The monoisotopic (exact) mass is 466 g/mol. The molecule has 7 heteroatoms. The van der Waals surface area contributed by atoms with E-state index in [2.05, 4.69) is 5.32 Å². The summed E-state index contributed by atoms with van der Waals surface area (Å²) in [7, 11) is 0. The molecule has 2 aromatic carbocycles. The minimum absolute atomic E-state index is 0.0111. The number of nitrogens with one attached hydrogen (secondary N) is 1. The van der Waals surface area contributed by atoms with Crippen molar-refractivity contribution in [3.63, 3.8) is 0 Å². The van der Waals surface area contributed by atoms with Gasteiger partial charge in [-0.3, -0.25) is 9.59 Å². The molecule has 0 aliphatic rings. The highest BCUT2D eigenvalue weighted by molar-refractivity contribution is 7.99. The lowest BCUT2D eigenvalue weighted by Crippen LogP contribution is -2.50. The third kappa shape index (κ3) is 7.22. The van der Waals surface area contributed by atoms with Crippen LogP contribution in [0.2, 0.25) is 10.0 Å². The van der Waals surface area contributed by atoms with Crippen LogP contribution in [0.4, 0.5) is 0 Å². The van der Waals surface area contributed by atoms with Gasteiger partial charge in [-0.2, -0.15) is 0 Å². The molecule has 0 spiro atoms. The largest absolute Gasteiger partial charge is 0.352 e. The lowest BCUT2D eigenvalue weighted by atomic mass is 10.1. The van der Waals surface area contributed by atoms with Gasteiger partial charge in [0.2, 0.25) is 11.8 Å². The van der Waals surface area contributed by atoms with E-state index in [1.54, 1.807) is 23.1 Å². The highest BCUT2D eigenvalue weighted by atomic mass is 35.5. The molecule has 0 radical (unpaired) electrons. The maximum atomic E-state index is 13.2. The number of benzene rings is 2. The van der Waals surface area contributed by atoms with Gasteiger partial charge in [-0.15, -0.1) is 11.8 Å². The average Bonchev–Trinajstić information content (AvgIpc) is 2.70. The van der Waals surface area contributed by atoms with Crippen LogP contribution in [0.15, 0.2) is 48.5 Å². The van der Waals surface area contributed by atoms with Crippen molar-refractivity contribution in [3.8, 4) is 0 Å². The first-order chi connectivity index (χ1) is 14.3. The fraction of sp³-hybridized carbons (Fsp3) is 0.391. The molecule has 0 aromatic heterocycles. The second-order valence-corrected chi connectivity index (χ2v) is 9.09. The molecule has 30 heavy (non-hydrogen) atoms. The molecule has 0 saturated carbocycles. The third-order valence-corrected chi connectivity index (χ3v) is 6.20. The molecule has 0 heterocycles. The van der Waals surface area contributed by atoms with Crippen LogP contribution >= 0.6 is 35.0 Å². The summed E-state index contributed by atoms with van der Waals surface area (Å²) in [5, 5.41) is 4.12. The van der Waals surface area contributed by atoms with Crippen LogP contribution in [0.3, 0.4) is 0 Å². The summed E-state index contributed by atoms with van der Waals surface area (Å²) in [6, 6.07) is 14.6. The second-order valence-electron chi connectivity index (χ2n) is 7.29. The van der Waals surface area contributed by atoms with Gasteiger partial charge in [0.1, 0.15) is 6.04 Å². The van der Waals surface area contributed by atoms with E-state index in [0.29, 0.717) is 28.8 Å². The number of halogens is 2. The molecule has 0 fully saturated rings. The maximum absolute atomic E-state index is 13.2. The van der Waals surface area contributed by atoms with Gasteiger partial charge in [-0.05, 0) is 43.5 Å². The topological polar surface area (TPSA) is 49.4 Å². The highest BCUT2D eigenvalue weighted by Crippen LogP contribution is 2.28.